The van der Waals surface area contributed by atoms with Gasteiger partial charge in [0.15, 0.2) is 0 Å². The first-order valence-electron chi connectivity index (χ1n) is 13.4. The number of hydrogen-bond acceptors (Lipinski definition) is 5. The van der Waals surface area contributed by atoms with Gasteiger partial charge in [-0.1, -0.05) is 58.6 Å². The lowest BCUT2D eigenvalue weighted by Gasteiger charge is -2.39. The van der Waals surface area contributed by atoms with E-state index in [0.29, 0.717) is 36.9 Å². The van der Waals surface area contributed by atoms with E-state index in [1.165, 1.54) is 77.0 Å². The maximum absolute atomic E-state index is 11.7. The molecule has 1 unspecified atom stereocenters. The number of aliphatic hydroxyl groups is 1. The molecule has 0 aromatic carbocycles. The van der Waals surface area contributed by atoms with Crippen molar-refractivity contribution in [1.29, 1.82) is 0 Å². The Kier molecular flexibility index (Phi) is 16.1. The van der Waals surface area contributed by atoms with E-state index in [2.05, 4.69) is 20.1 Å². The van der Waals surface area contributed by atoms with Crippen LogP contribution in [0.25, 0.3) is 0 Å². The lowest BCUT2D eigenvalue weighted by molar-refractivity contribution is -0.141. The van der Waals surface area contributed by atoms with Gasteiger partial charge >= 0.3 is 5.97 Å². The Bertz CT molecular complexity index is 598. The van der Waals surface area contributed by atoms with Crippen molar-refractivity contribution in [2.24, 2.45) is 29.6 Å². The van der Waals surface area contributed by atoms with Gasteiger partial charge < -0.3 is 14.6 Å². The molecule has 196 valence electrons. The summed E-state index contributed by atoms with van der Waals surface area (Å²) >= 11 is 0. The van der Waals surface area contributed by atoms with Gasteiger partial charge in [-0.15, -0.1) is 0 Å². The van der Waals surface area contributed by atoms with Crippen LogP contribution in [0.5, 0.6) is 0 Å². The van der Waals surface area contributed by atoms with Crippen molar-refractivity contribution < 1.29 is 24.2 Å². The highest BCUT2D eigenvalue weighted by molar-refractivity contribution is 5.86. The molecule has 0 aromatic heterocycles. The minimum atomic E-state index is -0.273. The van der Waals surface area contributed by atoms with Gasteiger partial charge in [-0.05, 0) is 69.1 Å². The van der Waals surface area contributed by atoms with E-state index >= 15 is 0 Å². The molecule has 1 atom stereocenters. The van der Waals surface area contributed by atoms with E-state index in [1.54, 1.807) is 14.0 Å². The highest BCUT2D eigenvalue weighted by Crippen LogP contribution is 2.43. The Morgan fingerprint density at radius 3 is 2.03 bits per heavy atom. The minimum Gasteiger partial charge on any atom is -0.462 e. The fourth-order valence-electron chi connectivity index (χ4n) is 5.60. The second-order valence-electron chi connectivity index (χ2n) is 10.5. The van der Waals surface area contributed by atoms with E-state index < -0.39 is 0 Å². The van der Waals surface area contributed by atoms with Crippen molar-refractivity contribution in [3.8, 4) is 0 Å². The largest absolute Gasteiger partial charge is 0.462 e. The predicted octanol–water partition coefficient (Wildman–Crippen LogP) is 6.30. The van der Waals surface area contributed by atoms with Gasteiger partial charge in [0.1, 0.15) is 6.29 Å². The monoisotopic (exact) mass is 478 g/mol. The van der Waals surface area contributed by atoms with Crippen LogP contribution in [0.1, 0.15) is 90.9 Å². The van der Waals surface area contributed by atoms with Gasteiger partial charge in [-0.2, -0.15) is 0 Å². The third-order valence-corrected chi connectivity index (χ3v) is 7.78. The minimum absolute atomic E-state index is 0.218. The van der Waals surface area contributed by atoms with Crippen molar-refractivity contribution in [1.82, 2.24) is 0 Å². The maximum Gasteiger partial charge on any atom is 0.333 e. The molecule has 0 aromatic rings. The summed E-state index contributed by atoms with van der Waals surface area (Å²) in [7, 11) is 1.75. The van der Waals surface area contributed by atoms with Gasteiger partial charge in [0.25, 0.3) is 0 Å². The lowest BCUT2D eigenvalue weighted by Crippen LogP contribution is -2.32. The first kappa shape index (κ1) is 30.6. The standard InChI is InChI=1S/C25H44O3.C4H6O2/c1-5-6-7-8-20-9-11-21(12-10-20)22-13-15-23(16-14-22)24(17-27-4)18-28-25(26)19(2)3;1-4(2-5)3-6/h20-24H,2,5-18H2,1,3-4H3;2,6H,1,3H2. The molecule has 2 saturated carbocycles. The number of aldehydes is 1. The molecule has 0 bridgehead atoms. The Morgan fingerprint density at radius 1 is 1.00 bits per heavy atom. The van der Waals surface area contributed by atoms with Crippen LogP contribution in [-0.4, -0.2) is 44.3 Å². The molecule has 0 aliphatic heterocycles. The number of unbranched alkanes of at least 4 members (excludes halogenated alkanes) is 2. The number of aliphatic hydroxyl groups excluding tert-OH is 1. The van der Waals surface area contributed by atoms with Gasteiger partial charge in [-0.3, -0.25) is 4.79 Å². The van der Waals surface area contributed by atoms with Crippen molar-refractivity contribution in [2.45, 2.75) is 90.9 Å². The molecule has 0 amide bonds. The lowest BCUT2D eigenvalue weighted by atomic mass is 9.67. The van der Waals surface area contributed by atoms with Crippen LogP contribution in [-0.2, 0) is 19.1 Å². The topological polar surface area (TPSA) is 72.8 Å². The Hall–Kier alpha value is -1.46. The highest BCUT2D eigenvalue weighted by Gasteiger charge is 2.33. The zero-order chi connectivity index (χ0) is 25.3. The molecular weight excluding hydrogens is 428 g/mol. The number of carbonyl (C=O) groups is 2. The number of esters is 1. The predicted molar refractivity (Wildman–Crippen MR) is 138 cm³/mol. The van der Waals surface area contributed by atoms with Crippen molar-refractivity contribution in [2.75, 3.05) is 26.9 Å². The second kappa shape index (κ2) is 17.9. The van der Waals surface area contributed by atoms with Crippen LogP contribution in [0, 0.1) is 29.6 Å². The fraction of sp³-hybridized carbons (Fsp3) is 0.793. The Balaban J connectivity index is 0.000000852. The quantitative estimate of drug-likeness (QED) is 0.146. The summed E-state index contributed by atoms with van der Waals surface area (Å²) in [6, 6.07) is 0. The summed E-state index contributed by atoms with van der Waals surface area (Å²) in [6.07, 6.45) is 17.3. The van der Waals surface area contributed by atoms with Crippen LogP contribution < -0.4 is 0 Å². The molecular formula is C29H50O5. The van der Waals surface area contributed by atoms with Crippen molar-refractivity contribution in [3.63, 3.8) is 0 Å². The molecule has 1 N–H and O–H groups in total. The van der Waals surface area contributed by atoms with Crippen LogP contribution in [0.3, 0.4) is 0 Å². The zero-order valence-electron chi connectivity index (χ0n) is 22.1. The molecule has 0 radical (unpaired) electrons. The summed E-state index contributed by atoms with van der Waals surface area (Å²) in [6.45, 7) is 11.8. The maximum atomic E-state index is 11.7. The SMILES string of the molecule is C=C(C)C(=O)OCC(COC)C1CCC(C2CCC(CCCCC)CC2)CC1.C=C(C=O)CO. The van der Waals surface area contributed by atoms with Crippen LogP contribution in [0.4, 0.5) is 0 Å². The van der Waals surface area contributed by atoms with E-state index in [0.717, 1.165) is 17.8 Å². The Morgan fingerprint density at radius 2 is 1.59 bits per heavy atom. The van der Waals surface area contributed by atoms with Gasteiger partial charge in [-0.25, -0.2) is 4.79 Å². The summed E-state index contributed by atoms with van der Waals surface area (Å²) in [5.74, 6) is 3.57. The summed E-state index contributed by atoms with van der Waals surface area (Å²) < 4.78 is 10.9. The number of rotatable bonds is 13. The van der Waals surface area contributed by atoms with E-state index in [-0.39, 0.29) is 18.1 Å². The molecule has 0 saturated heterocycles. The molecule has 34 heavy (non-hydrogen) atoms. The molecule has 2 aliphatic carbocycles. The number of ether oxygens (including phenoxy) is 2. The van der Waals surface area contributed by atoms with Crippen LogP contribution >= 0.6 is 0 Å². The summed E-state index contributed by atoms with van der Waals surface area (Å²) in [5, 5.41) is 8.00. The average molecular weight is 479 g/mol. The van der Waals surface area contributed by atoms with Crippen LogP contribution in [0.15, 0.2) is 24.3 Å². The zero-order valence-corrected chi connectivity index (χ0v) is 22.1. The van der Waals surface area contributed by atoms with Crippen molar-refractivity contribution >= 4 is 12.3 Å². The smallest absolute Gasteiger partial charge is 0.333 e. The van der Waals surface area contributed by atoms with Gasteiger partial charge in [0.2, 0.25) is 0 Å². The number of methoxy groups -OCH3 is 1. The first-order valence-corrected chi connectivity index (χ1v) is 13.4. The number of hydrogen-bond donors (Lipinski definition) is 1. The average Bonchev–Trinajstić information content (AvgIpc) is 2.87. The van der Waals surface area contributed by atoms with E-state index in [9.17, 15) is 9.59 Å². The van der Waals surface area contributed by atoms with Gasteiger partial charge in [0.05, 0.1) is 19.8 Å². The van der Waals surface area contributed by atoms with Crippen molar-refractivity contribution in [3.05, 3.63) is 24.3 Å². The van der Waals surface area contributed by atoms with Crippen LogP contribution in [0.2, 0.25) is 0 Å². The third kappa shape index (κ3) is 11.8. The molecule has 5 nitrogen and oxygen atoms in total. The highest BCUT2D eigenvalue weighted by atomic mass is 16.5. The molecule has 2 aliphatic rings. The number of carbonyl (C=O) groups excluding carboxylic acids is 2. The molecule has 0 heterocycles. The first-order chi connectivity index (χ1) is 16.4. The van der Waals surface area contributed by atoms with E-state index in [1.807, 2.05) is 0 Å². The summed E-state index contributed by atoms with van der Waals surface area (Å²) in [4.78, 5) is 21.2. The molecule has 0 spiro atoms. The molecule has 5 heteroatoms. The molecule has 2 rings (SSSR count). The van der Waals surface area contributed by atoms with Gasteiger partial charge in [0, 0.05) is 24.2 Å². The Labute approximate surface area is 208 Å². The normalized spacial score (nSPS) is 25.4. The molecule has 2 fully saturated rings. The fourth-order valence-corrected chi connectivity index (χ4v) is 5.60. The summed E-state index contributed by atoms with van der Waals surface area (Å²) in [5.41, 5.74) is 0.695. The van der Waals surface area contributed by atoms with E-state index in [4.69, 9.17) is 14.6 Å². The second-order valence-corrected chi connectivity index (χ2v) is 10.5. The third-order valence-electron chi connectivity index (χ3n) is 7.78.